The van der Waals surface area contributed by atoms with E-state index in [4.69, 9.17) is 0 Å². The van der Waals surface area contributed by atoms with Crippen molar-refractivity contribution in [2.45, 2.75) is 6.42 Å². The second kappa shape index (κ2) is 7.52. The lowest BCUT2D eigenvalue weighted by molar-refractivity contribution is 0.0594. The number of rotatable bonds is 4. The van der Waals surface area contributed by atoms with E-state index in [2.05, 4.69) is 32.1 Å². The van der Waals surface area contributed by atoms with Gasteiger partial charge >= 0.3 is 5.97 Å². The molecule has 0 unspecified atom stereocenters. The second-order valence-electron chi connectivity index (χ2n) is 6.42. The van der Waals surface area contributed by atoms with E-state index in [1.165, 1.54) is 24.9 Å². The Bertz CT molecular complexity index is 1050. The standard InChI is InChI=1S/C22H19N3O3/c1-28-22(27)18-14-16(10-12-23-18)21(26)24-17-7-3-5-9-20(17)25-13-11-15-6-2-4-8-19(15)25/h2-10,12,14H,11,13H2,1H3,(H,24,26). The Labute approximate surface area is 162 Å². The van der Waals surface area contributed by atoms with Crippen molar-refractivity contribution in [1.82, 2.24) is 4.98 Å². The molecule has 4 rings (SSSR count). The van der Waals surface area contributed by atoms with Crippen molar-refractivity contribution in [2.75, 3.05) is 23.9 Å². The van der Waals surface area contributed by atoms with Crippen LogP contribution in [0, 0.1) is 0 Å². The lowest BCUT2D eigenvalue weighted by atomic mass is 10.1. The number of anilines is 3. The molecule has 0 radical (unpaired) electrons. The first-order valence-corrected chi connectivity index (χ1v) is 8.97. The molecule has 0 atom stereocenters. The summed E-state index contributed by atoms with van der Waals surface area (Å²) in [6.07, 6.45) is 2.38. The second-order valence-corrected chi connectivity index (χ2v) is 6.42. The number of nitrogens with zero attached hydrogens (tertiary/aromatic N) is 2. The number of amides is 1. The number of pyridine rings is 1. The molecule has 0 spiro atoms. The van der Waals surface area contributed by atoms with E-state index >= 15 is 0 Å². The average Bonchev–Trinajstić information content (AvgIpc) is 3.17. The zero-order valence-electron chi connectivity index (χ0n) is 15.4. The van der Waals surface area contributed by atoms with Crippen LogP contribution in [-0.2, 0) is 11.2 Å². The van der Waals surface area contributed by atoms with Gasteiger partial charge in [0.1, 0.15) is 5.69 Å². The molecule has 3 aromatic rings. The number of fused-ring (bicyclic) bond motifs is 1. The molecule has 28 heavy (non-hydrogen) atoms. The van der Waals surface area contributed by atoms with E-state index in [-0.39, 0.29) is 11.6 Å². The molecule has 140 valence electrons. The van der Waals surface area contributed by atoms with Crippen LogP contribution in [0.1, 0.15) is 26.4 Å². The van der Waals surface area contributed by atoms with Gasteiger partial charge in [0.2, 0.25) is 0 Å². The number of carbonyl (C=O) groups excluding carboxylic acids is 2. The van der Waals surface area contributed by atoms with Crippen molar-refractivity contribution in [1.29, 1.82) is 0 Å². The summed E-state index contributed by atoms with van der Waals surface area (Å²) in [7, 11) is 1.28. The van der Waals surface area contributed by atoms with Gasteiger partial charge in [-0.2, -0.15) is 0 Å². The number of esters is 1. The first-order chi connectivity index (χ1) is 13.7. The van der Waals surface area contributed by atoms with Gasteiger partial charge in [0.05, 0.1) is 18.5 Å². The van der Waals surface area contributed by atoms with Gasteiger partial charge in [0.15, 0.2) is 0 Å². The van der Waals surface area contributed by atoms with E-state index in [0.29, 0.717) is 11.3 Å². The molecule has 1 amide bonds. The van der Waals surface area contributed by atoms with Crippen molar-refractivity contribution >= 4 is 28.9 Å². The molecular weight excluding hydrogens is 354 g/mol. The monoisotopic (exact) mass is 373 g/mol. The Kier molecular flexibility index (Phi) is 4.76. The minimum atomic E-state index is -0.580. The number of nitrogens with one attached hydrogen (secondary N) is 1. The zero-order valence-corrected chi connectivity index (χ0v) is 15.4. The van der Waals surface area contributed by atoms with Gasteiger partial charge in [-0.05, 0) is 42.3 Å². The van der Waals surface area contributed by atoms with Crippen LogP contribution < -0.4 is 10.2 Å². The third-order valence-electron chi connectivity index (χ3n) is 4.75. The summed E-state index contributed by atoms with van der Waals surface area (Å²) in [5.41, 5.74) is 4.52. The number of benzene rings is 2. The summed E-state index contributed by atoms with van der Waals surface area (Å²) < 4.78 is 4.67. The minimum Gasteiger partial charge on any atom is -0.464 e. The summed E-state index contributed by atoms with van der Waals surface area (Å²) in [6.45, 7) is 0.855. The average molecular weight is 373 g/mol. The molecule has 2 heterocycles. The maximum Gasteiger partial charge on any atom is 0.356 e. The first-order valence-electron chi connectivity index (χ1n) is 8.97. The molecule has 1 aliphatic rings. The van der Waals surface area contributed by atoms with Crippen LogP contribution >= 0.6 is 0 Å². The summed E-state index contributed by atoms with van der Waals surface area (Å²) in [5, 5.41) is 2.96. The van der Waals surface area contributed by atoms with Crippen LogP contribution in [0.2, 0.25) is 0 Å². The highest BCUT2D eigenvalue weighted by Crippen LogP contribution is 2.38. The third-order valence-corrected chi connectivity index (χ3v) is 4.75. The maximum absolute atomic E-state index is 12.8. The maximum atomic E-state index is 12.8. The normalized spacial score (nSPS) is 12.4. The van der Waals surface area contributed by atoms with Crippen molar-refractivity contribution in [3.05, 3.63) is 83.7 Å². The smallest absolute Gasteiger partial charge is 0.356 e. The van der Waals surface area contributed by atoms with Crippen molar-refractivity contribution < 1.29 is 14.3 Å². The van der Waals surface area contributed by atoms with E-state index in [1.807, 2.05) is 36.4 Å². The van der Waals surface area contributed by atoms with E-state index in [9.17, 15) is 9.59 Å². The van der Waals surface area contributed by atoms with E-state index < -0.39 is 5.97 Å². The number of ether oxygens (including phenoxy) is 1. The van der Waals surface area contributed by atoms with Crippen molar-refractivity contribution in [3.63, 3.8) is 0 Å². The van der Waals surface area contributed by atoms with Gasteiger partial charge in [0.25, 0.3) is 5.91 Å². The number of hydrogen-bond acceptors (Lipinski definition) is 5. The quantitative estimate of drug-likeness (QED) is 0.704. The predicted molar refractivity (Wildman–Crippen MR) is 107 cm³/mol. The molecule has 0 aliphatic carbocycles. The Hall–Kier alpha value is -3.67. The van der Waals surface area contributed by atoms with Crippen molar-refractivity contribution in [3.8, 4) is 0 Å². The molecule has 2 aromatic carbocycles. The van der Waals surface area contributed by atoms with Gasteiger partial charge in [-0.3, -0.25) is 4.79 Å². The first kappa shape index (κ1) is 17.7. The zero-order chi connectivity index (χ0) is 19.5. The van der Waals surface area contributed by atoms with Gasteiger partial charge in [-0.25, -0.2) is 9.78 Å². The van der Waals surface area contributed by atoms with Crippen LogP contribution in [0.3, 0.4) is 0 Å². The van der Waals surface area contributed by atoms with E-state index in [0.717, 1.165) is 24.3 Å². The van der Waals surface area contributed by atoms with Crippen LogP contribution in [0.4, 0.5) is 17.1 Å². The number of hydrogen-bond donors (Lipinski definition) is 1. The highest BCUT2D eigenvalue weighted by atomic mass is 16.5. The number of carbonyl (C=O) groups is 2. The lowest BCUT2D eigenvalue weighted by Gasteiger charge is -2.23. The van der Waals surface area contributed by atoms with Crippen LogP contribution in [0.5, 0.6) is 0 Å². The molecule has 1 aromatic heterocycles. The minimum absolute atomic E-state index is 0.0944. The Morgan fingerprint density at radius 2 is 1.79 bits per heavy atom. The molecule has 0 saturated heterocycles. The summed E-state index contributed by atoms with van der Waals surface area (Å²) in [5.74, 6) is -0.892. The fraction of sp³-hybridized carbons (Fsp3) is 0.136. The topological polar surface area (TPSA) is 71.5 Å². The SMILES string of the molecule is COC(=O)c1cc(C(=O)Nc2ccccc2N2CCc3ccccc32)ccn1. The predicted octanol–water partition coefficient (Wildman–Crippen LogP) is 3.81. The van der Waals surface area contributed by atoms with Crippen molar-refractivity contribution in [2.24, 2.45) is 0 Å². The Balaban J connectivity index is 1.62. The fourth-order valence-corrected chi connectivity index (χ4v) is 3.39. The Morgan fingerprint density at radius 1 is 1.04 bits per heavy atom. The molecule has 1 aliphatic heterocycles. The highest BCUT2D eigenvalue weighted by molar-refractivity contribution is 6.07. The number of para-hydroxylation sites is 3. The third kappa shape index (κ3) is 3.32. The molecule has 1 N–H and O–H groups in total. The van der Waals surface area contributed by atoms with Gasteiger partial charge < -0.3 is 15.0 Å². The van der Waals surface area contributed by atoms with Crippen LogP contribution in [0.15, 0.2) is 66.9 Å². The lowest BCUT2D eigenvalue weighted by Crippen LogP contribution is -2.19. The van der Waals surface area contributed by atoms with Gasteiger partial charge in [-0.1, -0.05) is 30.3 Å². The summed E-state index contributed by atoms with van der Waals surface area (Å²) >= 11 is 0. The molecule has 0 bridgehead atoms. The fourth-order valence-electron chi connectivity index (χ4n) is 3.39. The summed E-state index contributed by atoms with van der Waals surface area (Å²) in [6, 6.07) is 19.0. The molecular formula is C22H19N3O3. The molecule has 6 nitrogen and oxygen atoms in total. The number of aromatic nitrogens is 1. The van der Waals surface area contributed by atoms with Crippen LogP contribution in [-0.4, -0.2) is 30.5 Å². The summed E-state index contributed by atoms with van der Waals surface area (Å²) in [4.78, 5) is 30.6. The Morgan fingerprint density at radius 3 is 2.61 bits per heavy atom. The van der Waals surface area contributed by atoms with E-state index in [1.54, 1.807) is 6.07 Å². The van der Waals surface area contributed by atoms with Gasteiger partial charge in [0, 0.05) is 24.0 Å². The largest absolute Gasteiger partial charge is 0.464 e. The highest BCUT2D eigenvalue weighted by Gasteiger charge is 2.22. The number of methoxy groups -OCH3 is 1. The van der Waals surface area contributed by atoms with Crippen LogP contribution in [0.25, 0.3) is 0 Å². The van der Waals surface area contributed by atoms with Gasteiger partial charge in [-0.15, -0.1) is 0 Å². The molecule has 6 heteroatoms. The molecule has 0 fully saturated rings. The molecule has 0 saturated carbocycles.